The second-order valence-electron chi connectivity index (χ2n) is 7.23. The molecule has 0 aromatic rings. The Hall–Kier alpha value is -1.56. The second kappa shape index (κ2) is 7.63. The first-order valence-corrected chi connectivity index (χ1v) is 7.27. The van der Waals surface area contributed by atoms with Crippen molar-refractivity contribution in [1.29, 1.82) is 0 Å². The van der Waals surface area contributed by atoms with Gasteiger partial charge in [0.05, 0.1) is 11.7 Å². The topological polar surface area (TPSA) is 76.1 Å². The van der Waals surface area contributed by atoms with E-state index >= 15 is 0 Å². The van der Waals surface area contributed by atoms with Gasteiger partial charge in [-0.1, -0.05) is 6.58 Å². The van der Waals surface area contributed by atoms with Crippen LogP contribution in [-0.2, 0) is 14.3 Å². The van der Waals surface area contributed by atoms with E-state index in [-0.39, 0.29) is 18.5 Å². The van der Waals surface area contributed by atoms with Crippen molar-refractivity contribution in [2.24, 2.45) is 0 Å². The number of carbonyl (C=O) groups is 2. The Balaban J connectivity index is 4.38. The van der Waals surface area contributed by atoms with Crippen LogP contribution < -0.4 is 0 Å². The smallest absolute Gasteiger partial charge is 0.410 e. The molecule has 1 N–H and O–H groups in total. The first-order valence-electron chi connectivity index (χ1n) is 7.27. The first-order chi connectivity index (χ1) is 9.73. The minimum Gasteiger partial charge on any atom is -0.457 e. The molecule has 0 aromatic carbocycles. The molecule has 6 heteroatoms. The van der Waals surface area contributed by atoms with Crippen LogP contribution in [0.3, 0.4) is 0 Å². The predicted octanol–water partition coefficient (Wildman–Crippen LogP) is 2.50. The zero-order valence-electron chi connectivity index (χ0n) is 14.7. The van der Waals surface area contributed by atoms with Crippen LogP contribution in [0.2, 0.25) is 0 Å². The highest BCUT2D eigenvalue weighted by Gasteiger charge is 2.25. The third-order valence-electron chi connectivity index (χ3n) is 2.51. The molecule has 0 aliphatic carbocycles. The Morgan fingerprint density at radius 3 is 1.95 bits per heavy atom. The van der Waals surface area contributed by atoms with Crippen LogP contribution in [0.5, 0.6) is 0 Å². The molecule has 0 rings (SSSR count). The third kappa shape index (κ3) is 8.67. The molecule has 0 aliphatic heterocycles. The highest BCUT2D eigenvalue weighted by molar-refractivity contribution is 5.89. The molecular formula is C16H29NO5. The lowest BCUT2D eigenvalue weighted by molar-refractivity contribution is -0.151. The van der Waals surface area contributed by atoms with Gasteiger partial charge in [-0.15, -0.1) is 0 Å². The Bertz CT molecular complexity index is 417. The highest BCUT2D eigenvalue weighted by atomic mass is 16.6. The maximum absolute atomic E-state index is 11.8. The molecule has 0 aromatic heterocycles. The molecule has 0 aliphatic rings. The van der Waals surface area contributed by atoms with Gasteiger partial charge in [0.15, 0.2) is 0 Å². The molecule has 0 fully saturated rings. The second-order valence-corrected chi connectivity index (χ2v) is 7.23. The minimum atomic E-state index is -1.07. The van der Waals surface area contributed by atoms with E-state index in [0.717, 1.165) is 0 Å². The lowest BCUT2D eigenvalue weighted by atomic mass is 10.1. The maximum Gasteiger partial charge on any atom is 0.410 e. The molecule has 0 spiro atoms. The van der Waals surface area contributed by atoms with Crippen LogP contribution in [0.1, 0.15) is 48.0 Å². The van der Waals surface area contributed by atoms with Crippen LogP contribution in [0.15, 0.2) is 12.2 Å². The summed E-state index contributed by atoms with van der Waals surface area (Å²) in [5.41, 5.74) is -1.25. The Kier molecular flexibility index (Phi) is 7.09. The van der Waals surface area contributed by atoms with E-state index in [1.54, 1.807) is 48.6 Å². The highest BCUT2D eigenvalue weighted by Crippen LogP contribution is 2.15. The van der Waals surface area contributed by atoms with Crippen LogP contribution in [0.4, 0.5) is 4.79 Å². The fourth-order valence-corrected chi connectivity index (χ4v) is 1.40. The Labute approximate surface area is 133 Å². The fourth-order valence-electron chi connectivity index (χ4n) is 1.40. The average molecular weight is 315 g/mol. The lowest BCUT2D eigenvalue weighted by Crippen LogP contribution is -2.36. The number of ether oxygens (including phenoxy) is 2. The van der Waals surface area contributed by atoms with E-state index in [9.17, 15) is 14.7 Å². The van der Waals surface area contributed by atoms with Crippen molar-refractivity contribution in [3.63, 3.8) is 0 Å². The van der Waals surface area contributed by atoms with Crippen molar-refractivity contribution >= 4 is 12.1 Å². The molecule has 6 nitrogen and oxygen atoms in total. The van der Waals surface area contributed by atoms with Gasteiger partial charge in [-0.2, -0.15) is 0 Å². The normalized spacial score (nSPS) is 13.3. The zero-order chi connectivity index (χ0) is 17.7. The van der Waals surface area contributed by atoms with Gasteiger partial charge in [0, 0.05) is 13.6 Å². The molecule has 0 bridgehead atoms. The Morgan fingerprint density at radius 1 is 1.09 bits per heavy atom. The molecule has 0 heterocycles. The van der Waals surface area contributed by atoms with Gasteiger partial charge in [-0.3, -0.25) is 0 Å². The van der Waals surface area contributed by atoms with Gasteiger partial charge >= 0.3 is 12.1 Å². The van der Waals surface area contributed by atoms with Crippen LogP contribution >= 0.6 is 0 Å². The maximum atomic E-state index is 11.8. The van der Waals surface area contributed by atoms with Gasteiger partial charge in [-0.25, -0.2) is 9.59 Å². The van der Waals surface area contributed by atoms with Gasteiger partial charge in [0.2, 0.25) is 0 Å². The number of carbonyl (C=O) groups excluding carboxylic acids is 2. The van der Waals surface area contributed by atoms with E-state index < -0.39 is 29.4 Å². The quantitative estimate of drug-likeness (QED) is 0.623. The number of esters is 1. The van der Waals surface area contributed by atoms with Crippen LogP contribution in [-0.4, -0.2) is 53.0 Å². The number of aliphatic hydroxyl groups excluding tert-OH is 1. The van der Waals surface area contributed by atoms with Gasteiger partial charge in [0.1, 0.15) is 11.2 Å². The van der Waals surface area contributed by atoms with Crippen molar-refractivity contribution < 1.29 is 24.2 Å². The van der Waals surface area contributed by atoms with Crippen LogP contribution in [0.25, 0.3) is 0 Å². The largest absolute Gasteiger partial charge is 0.457 e. The summed E-state index contributed by atoms with van der Waals surface area (Å²) < 4.78 is 10.3. The van der Waals surface area contributed by atoms with E-state index in [1.165, 1.54) is 4.90 Å². The van der Waals surface area contributed by atoms with Gasteiger partial charge in [-0.05, 0) is 48.0 Å². The number of hydrogen-bond donors (Lipinski definition) is 1. The summed E-state index contributed by atoms with van der Waals surface area (Å²) in [5.74, 6) is -0.639. The van der Waals surface area contributed by atoms with E-state index in [4.69, 9.17) is 9.47 Å². The number of hydrogen-bond acceptors (Lipinski definition) is 5. The zero-order valence-corrected chi connectivity index (χ0v) is 14.7. The summed E-state index contributed by atoms with van der Waals surface area (Å²) in [6, 6.07) is 0. The molecule has 128 valence electrons. The lowest BCUT2D eigenvalue weighted by Gasteiger charge is -2.26. The van der Waals surface area contributed by atoms with Crippen molar-refractivity contribution in [2.45, 2.75) is 65.3 Å². The summed E-state index contributed by atoms with van der Waals surface area (Å²) >= 11 is 0. The summed E-state index contributed by atoms with van der Waals surface area (Å²) in [7, 11) is 1.57. The predicted molar refractivity (Wildman–Crippen MR) is 84.5 cm³/mol. The summed E-state index contributed by atoms with van der Waals surface area (Å²) in [5, 5.41) is 9.97. The standard InChI is InChI=1S/C16H29NO5/c1-11(13(19)21-15(2,3)4)12(18)9-10-17(8)14(20)22-16(5,6)7/h12,18H,1,9-10H2,2-8H3. The number of amides is 1. The fraction of sp³-hybridized carbons (Fsp3) is 0.750. The third-order valence-corrected chi connectivity index (χ3v) is 2.51. The SMILES string of the molecule is C=C(C(=O)OC(C)(C)C)C(O)CCN(C)C(=O)OC(C)(C)C. The molecule has 1 unspecified atom stereocenters. The van der Waals surface area contributed by atoms with E-state index in [0.29, 0.717) is 0 Å². The van der Waals surface area contributed by atoms with Crippen molar-refractivity contribution in [2.75, 3.05) is 13.6 Å². The molecular weight excluding hydrogens is 286 g/mol. The molecule has 1 atom stereocenters. The monoisotopic (exact) mass is 315 g/mol. The summed E-state index contributed by atoms with van der Waals surface area (Å²) in [6.07, 6.45) is -1.38. The van der Waals surface area contributed by atoms with E-state index in [1.807, 2.05) is 0 Å². The first kappa shape index (κ1) is 20.4. The number of nitrogens with zero attached hydrogens (tertiary/aromatic N) is 1. The molecule has 0 radical (unpaired) electrons. The molecule has 0 saturated heterocycles. The van der Waals surface area contributed by atoms with Crippen molar-refractivity contribution in [3.05, 3.63) is 12.2 Å². The van der Waals surface area contributed by atoms with Gasteiger partial charge < -0.3 is 19.5 Å². The summed E-state index contributed by atoms with van der Waals surface area (Å²) in [6.45, 7) is 14.3. The molecule has 0 saturated carbocycles. The van der Waals surface area contributed by atoms with Gasteiger partial charge in [0.25, 0.3) is 0 Å². The molecule has 22 heavy (non-hydrogen) atoms. The van der Waals surface area contributed by atoms with Crippen LogP contribution in [0, 0.1) is 0 Å². The van der Waals surface area contributed by atoms with E-state index in [2.05, 4.69) is 6.58 Å². The average Bonchev–Trinajstić information content (AvgIpc) is 2.30. The summed E-state index contributed by atoms with van der Waals surface area (Å²) in [4.78, 5) is 24.9. The van der Waals surface area contributed by atoms with Crippen molar-refractivity contribution in [1.82, 2.24) is 4.90 Å². The minimum absolute atomic E-state index is 0.0208. The Morgan fingerprint density at radius 2 is 1.55 bits per heavy atom. The number of rotatable bonds is 5. The molecule has 1 amide bonds. The number of aliphatic hydroxyl groups is 1. The van der Waals surface area contributed by atoms with Crippen molar-refractivity contribution in [3.8, 4) is 0 Å².